The normalized spacial score (nSPS) is 20.1. The second kappa shape index (κ2) is 48.1. The number of amides is 1. The van der Waals surface area contributed by atoms with E-state index in [0.29, 0.717) is 12.8 Å². The fourth-order valence-corrected chi connectivity index (χ4v) is 8.44. The summed E-state index contributed by atoms with van der Waals surface area (Å²) in [5.41, 5.74) is 0. The lowest BCUT2D eigenvalue weighted by Crippen LogP contribution is -2.61. The maximum Gasteiger partial charge on any atom is 0.306 e. The summed E-state index contributed by atoms with van der Waals surface area (Å²) in [4.78, 5) is 26.4. The molecule has 11 heteroatoms. The zero-order chi connectivity index (χ0) is 51.8. The fourth-order valence-electron chi connectivity index (χ4n) is 8.44. The van der Waals surface area contributed by atoms with E-state index in [4.69, 9.17) is 14.2 Å². The molecular formula is C60H105NO10. The number of aliphatic hydroxyl groups excluding tert-OH is 5. The summed E-state index contributed by atoms with van der Waals surface area (Å²) >= 11 is 0. The Bertz CT molecular complexity index is 1430. The van der Waals surface area contributed by atoms with Gasteiger partial charge in [0.2, 0.25) is 5.91 Å². The lowest BCUT2D eigenvalue weighted by atomic mass is 9.99. The minimum atomic E-state index is -1.63. The van der Waals surface area contributed by atoms with Crippen LogP contribution in [0.1, 0.15) is 233 Å². The van der Waals surface area contributed by atoms with Crippen molar-refractivity contribution in [2.75, 3.05) is 13.2 Å². The predicted molar refractivity (Wildman–Crippen MR) is 292 cm³/mol. The Balaban J connectivity index is 2.74. The number of allylic oxidation sites excluding steroid dienone is 11. The van der Waals surface area contributed by atoms with Crippen LogP contribution < -0.4 is 5.32 Å². The van der Waals surface area contributed by atoms with E-state index in [1.54, 1.807) is 6.08 Å². The Morgan fingerprint density at radius 3 is 1.54 bits per heavy atom. The van der Waals surface area contributed by atoms with E-state index < -0.39 is 67.4 Å². The smallest absolute Gasteiger partial charge is 0.306 e. The molecule has 1 saturated heterocycles. The summed E-state index contributed by atoms with van der Waals surface area (Å²) in [5.74, 6) is -1.24. The molecule has 0 aromatic heterocycles. The zero-order valence-corrected chi connectivity index (χ0v) is 45.1. The van der Waals surface area contributed by atoms with Gasteiger partial charge in [-0.2, -0.15) is 0 Å². The summed E-state index contributed by atoms with van der Waals surface area (Å²) in [6.45, 7) is 5.67. The van der Waals surface area contributed by atoms with Gasteiger partial charge in [-0.05, 0) is 89.9 Å². The Morgan fingerprint density at radius 2 is 0.986 bits per heavy atom. The van der Waals surface area contributed by atoms with Crippen LogP contribution in [0.4, 0.5) is 0 Å². The number of esters is 1. The maximum absolute atomic E-state index is 13.3. The molecule has 8 unspecified atom stereocenters. The Labute approximate surface area is 432 Å². The van der Waals surface area contributed by atoms with Crippen LogP contribution in [0.3, 0.4) is 0 Å². The highest BCUT2D eigenvalue weighted by Gasteiger charge is 2.47. The highest BCUT2D eigenvalue weighted by molar-refractivity contribution is 5.80. The van der Waals surface area contributed by atoms with E-state index >= 15 is 0 Å². The van der Waals surface area contributed by atoms with Crippen LogP contribution in [0.2, 0.25) is 0 Å². The van der Waals surface area contributed by atoms with Gasteiger partial charge in [0, 0.05) is 6.42 Å². The van der Waals surface area contributed by atoms with Crippen LogP contribution in [0, 0.1) is 0 Å². The van der Waals surface area contributed by atoms with Gasteiger partial charge >= 0.3 is 5.97 Å². The molecule has 6 N–H and O–H groups in total. The first-order chi connectivity index (χ1) is 34.7. The van der Waals surface area contributed by atoms with Gasteiger partial charge < -0.3 is 45.1 Å². The first kappa shape index (κ1) is 66.1. The predicted octanol–water partition coefficient (Wildman–Crippen LogP) is 12.8. The first-order valence-corrected chi connectivity index (χ1v) is 28.7. The van der Waals surface area contributed by atoms with Crippen molar-refractivity contribution >= 4 is 11.9 Å². The number of carbonyl (C=O) groups excluding carboxylic acids is 2. The molecule has 11 nitrogen and oxygen atoms in total. The van der Waals surface area contributed by atoms with Gasteiger partial charge in [0.1, 0.15) is 24.4 Å². The summed E-state index contributed by atoms with van der Waals surface area (Å²) in [6, 6.07) is -1.04. The third kappa shape index (κ3) is 36.6. The Hall–Kier alpha value is -2.90. The van der Waals surface area contributed by atoms with Crippen molar-refractivity contribution in [3.05, 3.63) is 72.9 Å². The number of unbranched alkanes of at least 4 members (excludes halogenated alkanes) is 23. The van der Waals surface area contributed by atoms with Gasteiger partial charge in [0.15, 0.2) is 12.4 Å². The minimum Gasteiger partial charge on any atom is -0.454 e. The van der Waals surface area contributed by atoms with Crippen LogP contribution in [0.15, 0.2) is 72.9 Å². The molecule has 0 bridgehead atoms. The Kier molecular flexibility index (Phi) is 44.8. The van der Waals surface area contributed by atoms with Crippen LogP contribution in [0.5, 0.6) is 0 Å². The standard InChI is InChI=1S/C60H105NO10/c1-4-7-10-13-16-19-22-24-25-26-27-28-29-31-33-36-39-42-45-48-55(65)71-58-57(67)56(66)54(49-62)70-60(58)69-50-51(52(63)46-43-40-37-35-32-30-23-20-17-14-11-8-5-2)61-59(68)53(64)47-44-41-38-34-21-18-15-12-9-6-3/h15-16,18-19,24-25,27-28,31,33,43,46,51-54,56-58,60,62-64,66-67H,4-14,17,20-23,26,29-30,32,34-42,44-45,47-50H2,1-3H3,(H,61,68)/b18-15-,19-16-,25-24-,28-27-,33-31-,46-43+. The molecule has 410 valence electrons. The van der Waals surface area contributed by atoms with Gasteiger partial charge in [-0.15, -0.1) is 0 Å². The average Bonchev–Trinajstić information content (AvgIpc) is 3.37. The second-order valence-corrected chi connectivity index (χ2v) is 19.7. The van der Waals surface area contributed by atoms with Crippen LogP contribution in [-0.4, -0.2) is 99.6 Å². The van der Waals surface area contributed by atoms with Crippen molar-refractivity contribution in [2.24, 2.45) is 0 Å². The van der Waals surface area contributed by atoms with E-state index in [9.17, 15) is 35.1 Å². The van der Waals surface area contributed by atoms with Crippen LogP contribution in [-0.2, 0) is 23.8 Å². The van der Waals surface area contributed by atoms with Gasteiger partial charge in [-0.1, -0.05) is 209 Å². The molecule has 1 aliphatic heterocycles. The third-order valence-electron chi connectivity index (χ3n) is 13.1. The van der Waals surface area contributed by atoms with Crippen molar-refractivity contribution in [1.29, 1.82) is 0 Å². The van der Waals surface area contributed by atoms with E-state index in [-0.39, 0.29) is 19.4 Å². The maximum atomic E-state index is 13.3. The fraction of sp³-hybridized carbons (Fsp3) is 0.767. The highest BCUT2D eigenvalue weighted by atomic mass is 16.7. The van der Waals surface area contributed by atoms with Crippen LogP contribution >= 0.6 is 0 Å². The molecule has 1 amide bonds. The number of hydrogen-bond donors (Lipinski definition) is 6. The minimum absolute atomic E-state index is 0.0827. The molecule has 1 fully saturated rings. The number of aliphatic hydroxyl groups is 5. The number of ether oxygens (including phenoxy) is 3. The molecule has 0 spiro atoms. The molecule has 0 aromatic carbocycles. The lowest BCUT2D eigenvalue weighted by molar-refractivity contribution is -0.305. The molecular weight excluding hydrogens is 895 g/mol. The molecule has 71 heavy (non-hydrogen) atoms. The zero-order valence-electron chi connectivity index (χ0n) is 45.1. The van der Waals surface area contributed by atoms with E-state index in [2.05, 4.69) is 86.8 Å². The van der Waals surface area contributed by atoms with Crippen molar-refractivity contribution in [3.63, 3.8) is 0 Å². The average molecular weight is 1000 g/mol. The van der Waals surface area contributed by atoms with E-state index in [1.807, 2.05) is 6.08 Å². The van der Waals surface area contributed by atoms with Gasteiger partial charge in [0.05, 0.1) is 25.4 Å². The molecule has 0 aliphatic carbocycles. The molecule has 0 radical (unpaired) electrons. The molecule has 1 heterocycles. The summed E-state index contributed by atoms with van der Waals surface area (Å²) in [5, 5.41) is 56.7. The van der Waals surface area contributed by atoms with E-state index in [1.165, 1.54) is 96.3 Å². The number of nitrogens with one attached hydrogen (secondary N) is 1. The van der Waals surface area contributed by atoms with Crippen LogP contribution in [0.25, 0.3) is 0 Å². The van der Waals surface area contributed by atoms with E-state index in [0.717, 1.165) is 89.9 Å². The molecule has 8 atom stereocenters. The monoisotopic (exact) mass is 1000 g/mol. The first-order valence-electron chi connectivity index (χ1n) is 28.7. The molecule has 0 aromatic rings. The summed E-state index contributed by atoms with van der Waals surface area (Å²) in [6.07, 6.45) is 49.5. The SMILES string of the molecule is CCCC/C=C\CCCCCCC(O)C(=O)NC(COC1OC(CO)C(O)C(O)C1OC(=O)CCCCC/C=C\C/C=C\C/C=C\C/C=C\CCCCC)C(O)/C=C/CCCCCCCCCCCCC. The number of carbonyl (C=O) groups is 2. The largest absolute Gasteiger partial charge is 0.454 e. The molecule has 0 saturated carbocycles. The van der Waals surface area contributed by atoms with Crippen molar-refractivity contribution in [2.45, 2.75) is 282 Å². The number of hydrogen-bond acceptors (Lipinski definition) is 10. The Morgan fingerprint density at radius 1 is 0.549 bits per heavy atom. The molecule has 1 rings (SSSR count). The highest BCUT2D eigenvalue weighted by Crippen LogP contribution is 2.26. The van der Waals surface area contributed by atoms with Crippen molar-refractivity contribution in [1.82, 2.24) is 5.32 Å². The van der Waals surface area contributed by atoms with Gasteiger partial charge in [-0.25, -0.2) is 0 Å². The van der Waals surface area contributed by atoms with Gasteiger partial charge in [0.25, 0.3) is 0 Å². The second-order valence-electron chi connectivity index (χ2n) is 19.7. The number of rotatable bonds is 47. The summed E-state index contributed by atoms with van der Waals surface area (Å²) < 4.78 is 17.5. The molecule has 1 aliphatic rings. The van der Waals surface area contributed by atoms with Crippen molar-refractivity contribution < 1.29 is 49.3 Å². The van der Waals surface area contributed by atoms with Crippen molar-refractivity contribution in [3.8, 4) is 0 Å². The summed E-state index contributed by atoms with van der Waals surface area (Å²) in [7, 11) is 0. The van der Waals surface area contributed by atoms with Gasteiger partial charge in [-0.3, -0.25) is 9.59 Å². The lowest BCUT2D eigenvalue weighted by Gasteiger charge is -2.41. The topological polar surface area (TPSA) is 175 Å². The third-order valence-corrected chi connectivity index (χ3v) is 13.1. The quantitative estimate of drug-likeness (QED) is 0.0196.